The molecule has 0 aliphatic rings. The third-order valence-corrected chi connectivity index (χ3v) is 2.34. The predicted molar refractivity (Wildman–Crippen MR) is 62.9 cm³/mol. The van der Waals surface area contributed by atoms with E-state index in [4.69, 9.17) is 0 Å². The fourth-order valence-corrected chi connectivity index (χ4v) is 1.38. The number of hydrogen-bond acceptors (Lipinski definition) is 2. The summed E-state index contributed by atoms with van der Waals surface area (Å²) in [5, 5.41) is 3.05. The van der Waals surface area contributed by atoms with E-state index in [-0.39, 0.29) is 11.6 Å². The van der Waals surface area contributed by atoms with Crippen LogP contribution < -0.4 is 5.32 Å². The molecule has 2 nitrogen and oxygen atoms in total. The van der Waals surface area contributed by atoms with Gasteiger partial charge < -0.3 is 5.32 Å². The van der Waals surface area contributed by atoms with Crippen LogP contribution in [0.3, 0.4) is 0 Å². The molecule has 0 spiro atoms. The highest BCUT2D eigenvalue weighted by Gasteiger charge is 2.06. The summed E-state index contributed by atoms with van der Waals surface area (Å²) in [5.74, 6) is -0.107. The first kappa shape index (κ1) is 12.8. The van der Waals surface area contributed by atoms with Crippen molar-refractivity contribution >= 4 is 5.78 Å². The van der Waals surface area contributed by atoms with Crippen LogP contribution in [-0.4, -0.2) is 18.4 Å². The number of rotatable bonds is 6. The van der Waals surface area contributed by atoms with Crippen LogP contribution in [0.2, 0.25) is 0 Å². The quantitative estimate of drug-likeness (QED) is 0.802. The highest BCUT2D eigenvalue weighted by atomic mass is 19.1. The van der Waals surface area contributed by atoms with Gasteiger partial charge in [-0.3, -0.25) is 4.79 Å². The molecule has 0 aliphatic carbocycles. The molecular weight excluding hydrogens is 205 g/mol. The molecule has 3 heteroatoms. The van der Waals surface area contributed by atoms with Crippen LogP contribution in [0.4, 0.5) is 4.39 Å². The van der Waals surface area contributed by atoms with E-state index in [0.717, 1.165) is 0 Å². The highest BCUT2D eigenvalue weighted by Crippen LogP contribution is 2.08. The molecule has 1 rings (SSSR count). The molecule has 0 radical (unpaired) electrons. The molecule has 0 amide bonds. The monoisotopic (exact) mass is 223 g/mol. The number of halogens is 1. The maximum Gasteiger partial charge on any atom is 0.146 e. The Bertz CT molecular complexity index is 350. The molecule has 0 fully saturated rings. The molecule has 0 aliphatic heterocycles. The van der Waals surface area contributed by atoms with Crippen LogP contribution in [0.5, 0.6) is 0 Å². The molecular formula is C13H18FNO. The Balaban J connectivity index is 2.35. The summed E-state index contributed by atoms with van der Waals surface area (Å²) in [6.45, 7) is 4.35. The summed E-state index contributed by atoms with van der Waals surface area (Å²) in [6.07, 6.45) is 0.867. The molecule has 0 atom stereocenters. The molecule has 16 heavy (non-hydrogen) atoms. The maximum atomic E-state index is 13.2. The molecule has 0 saturated heterocycles. The minimum Gasteiger partial charge on any atom is -0.308 e. The Morgan fingerprint density at radius 2 is 2.06 bits per heavy atom. The number of carbonyl (C=O) groups is 1. The van der Waals surface area contributed by atoms with Gasteiger partial charge in [0.05, 0.1) is 6.54 Å². The second-order valence-corrected chi connectivity index (χ2v) is 4.17. The molecule has 1 aromatic carbocycles. The Morgan fingerprint density at radius 1 is 1.38 bits per heavy atom. The van der Waals surface area contributed by atoms with Gasteiger partial charge in [-0.2, -0.15) is 0 Å². The first-order chi connectivity index (χ1) is 7.59. The van der Waals surface area contributed by atoms with Crippen molar-refractivity contribution in [3.05, 3.63) is 35.6 Å². The number of hydrogen-bond donors (Lipinski definition) is 1. The lowest BCUT2D eigenvalue weighted by Gasteiger charge is -2.07. The van der Waals surface area contributed by atoms with E-state index in [1.54, 1.807) is 18.2 Å². The average Bonchev–Trinajstić information content (AvgIpc) is 2.25. The lowest BCUT2D eigenvalue weighted by Crippen LogP contribution is -2.29. The molecule has 0 saturated carbocycles. The van der Waals surface area contributed by atoms with Crippen LogP contribution in [0.15, 0.2) is 24.3 Å². The summed E-state index contributed by atoms with van der Waals surface area (Å²) in [6, 6.07) is 6.89. The largest absolute Gasteiger partial charge is 0.308 e. The van der Waals surface area contributed by atoms with Gasteiger partial charge in [0.2, 0.25) is 0 Å². The zero-order valence-electron chi connectivity index (χ0n) is 9.79. The van der Waals surface area contributed by atoms with E-state index in [1.165, 1.54) is 6.07 Å². The Kier molecular flexibility index (Phi) is 5.12. The molecule has 0 unspecified atom stereocenters. The van der Waals surface area contributed by atoms with E-state index in [1.807, 2.05) is 13.8 Å². The smallest absolute Gasteiger partial charge is 0.146 e. The SMILES string of the molecule is CC(C)NCC(=O)CCc1ccccc1F. The van der Waals surface area contributed by atoms with Crippen molar-refractivity contribution in [2.45, 2.75) is 32.7 Å². The van der Waals surface area contributed by atoms with E-state index in [0.29, 0.717) is 31.0 Å². The number of aryl methyl sites for hydroxylation is 1. The van der Waals surface area contributed by atoms with E-state index < -0.39 is 0 Å². The minimum absolute atomic E-state index is 0.122. The van der Waals surface area contributed by atoms with E-state index in [9.17, 15) is 9.18 Å². The molecule has 0 bridgehead atoms. The highest BCUT2D eigenvalue weighted by molar-refractivity contribution is 5.80. The number of ketones is 1. The molecule has 0 aromatic heterocycles. The summed E-state index contributed by atoms with van der Waals surface area (Å²) < 4.78 is 13.2. The second kappa shape index (κ2) is 6.38. The molecule has 88 valence electrons. The normalized spacial score (nSPS) is 10.8. The van der Waals surface area contributed by atoms with Gasteiger partial charge in [-0.15, -0.1) is 0 Å². The van der Waals surface area contributed by atoms with Crippen molar-refractivity contribution < 1.29 is 9.18 Å². The van der Waals surface area contributed by atoms with E-state index in [2.05, 4.69) is 5.32 Å². The lowest BCUT2D eigenvalue weighted by atomic mass is 10.1. The van der Waals surface area contributed by atoms with Crippen molar-refractivity contribution in [1.29, 1.82) is 0 Å². The fraction of sp³-hybridized carbons (Fsp3) is 0.462. The summed E-state index contributed by atoms with van der Waals surface area (Å²) in [7, 11) is 0. The maximum absolute atomic E-state index is 13.2. The second-order valence-electron chi connectivity index (χ2n) is 4.17. The van der Waals surface area contributed by atoms with Gasteiger partial charge in [-0.05, 0) is 18.1 Å². The zero-order chi connectivity index (χ0) is 12.0. The van der Waals surface area contributed by atoms with Crippen LogP contribution in [0, 0.1) is 5.82 Å². The molecule has 1 aromatic rings. The van der Waals surface area contributed by atoms with Gasteiger partial charge in [0.1, 0.15) is 11.6 Å². The minimum atomic E-state index is -0.230. The number of Topliss-reactive ketones (excluding diaryl/α,β-unsaturated/α-hetero) is 1. The van der Waals surface area contributed by atoms with Gasteiger partial charge in [-0.1, -0.05) is 32.0 Å². The Labute approximate surface area is 95.9 Å². The van der Waals surface area contributed by atoms with Crippen molar-refractivity contribution in [3.63, 3.8) is 0 Å². The summed E-state index contributed by atoms with van der Waals surface area (Å²) in [4.78, 5) is 11.4. The molecule has 1 N–H and O–H groups in total. The van der Waals surface area contributed by atoms with Crippen LogP contribution >= 0.6 is 0 Å². The van der Waals surface area contributed by atoms with Gasteiger partial charge in [-0.25, -0.2) is 4.39 Å². The van der Waals surface area contributed by atoms with Crippen molar-refractivity contribution in [3.8, 4) is 0 Å². The van der Waals surface area contributed by atoms with Gasteiger partial charge in [0, 0.05) is 12.5 Å². The van der Waals surface area contributed by atoms with Crippen LogP contribution in [0.1, 0.15) is 25.8 Å². The van der Waals surface area contributed by atoms with Crippen molar-refractivity contribution in [2.75, 3.05) is 6.54 Å². The number of benzene rings is 1. The summed E-state index contributed by atoms with van der Waals surface area (Å²) >= 11 is 0. The average molecular weight is 223 g/mol. The third-order valence-electron chi connectivity index (χ3n) is 2.34. The Hall–Kier alpha value is -1.22. The van der Waals surface area contributed by atoms with Gasteiger partial charge >= 0.3 is 0 Å². The third kappa shape index (κ3) is 4.53. The lowest BCUT2D eigenvalue weighted by molar-refractivity contribution is -0.118. The van der Waals surface area contributed by atoms with Crippen LogP contribution in [-0.2, 0) is 11.2 Å². The van der Waals surface area contributed by atoms with Crippen molar-refractivity contribution in [1.82, 2.24) is 5.32 Å². The zero-order valence-corrected chi connectivity index (χ0v) is 9.79. The van der Waals surface area contributed by atoms with Crippen LogP contribution in [0.25, 0.3) is 0 Å². The van der Waals surface area contributed by atoms with Gasteiger partial charge in [0.15, 0.2) is 0 Å². The standard InChI is InChI=1S/C13H18FNO/c1-10(2)15-9-12(16)8-7-11-5-3-4-6-13(11)14/h3-6,10,15H,7-9H2,1-2H3. The predicted octanol–water partition coefficient (Wildman–Crippen LogP) is 2.33. The fourth-order valence-electron chi connectivity index (χ4n) is 1.38. The van der Waals surface area contributed by atoms with Crippen molar-refractivity contribution in [2.24, 2.45) is 0 Å². The number of carbonyl (C=O) groups excluding carboxylic acids is 1. The molecule has 0 heterocycles. The van der Waals surface area contributed by atoms with Gasteiger partial charge in [0.25, 0.3) is 0 Å². The first-order valence-electron chi connectivity index (χ1n) is 5.58. The summed E-state index contributed by atoms with van der Waals surface area (Å²) in [5.41, 5.74) is 0.611. The topological polar surface area (TPSA) is 29.1 Å². The Morgan fingerprint density at radius 3 is 2.69 bits per heavy atom. The first-order valence-corrected chi connectivity index (χ1v) is 5.58. The van der Waals surface area contributed by atoms with E-state index >= 15 is 0 Å². The number of nitrogens with one attached hydrogen (secondary N) is 1.